The van der Waals surface area contributed by atoms with Crippen LogP contribution in [0.1, 0.15) is 44.9 Å². The zero-order chi connectivity index (χ0) is 17.4. The van der Waals surface area contributed by atoms with E-state index in [2.05, 4.69) is 5.32 Å². The lowest BCUT2D eigenvalue weighted by molar-refractivity contribution is -0.139. The number of rotatable bonds is 6. The van der Waals surface area contributed by atoms with E-state index in [4.69, 9.17) is 5.73 Å². The van der Waals surface area contributed by atoms with Gasteiger partial charge >= 0.3 is 0 Å². The van der Waals surface area contributed by atoms with Crippen molar-refractivity contribution >= 4 is 30.1 Å². The molecule has 7 nitrogen and oxygen atoms in total. The van der Waals surface area contributed by atoms with Gasteiger partial charge in [-0.3, -0.25) is 14.4 Å². The number of amides is 3. The van der Waals surface area contributed by atoms with E-state index >= 15 is 0 Å². The van der Waals surface area contributed by atoms with Crippen molar-refractivity contribution < 1.29 is 14.4 Å². The van der Waals surface area contributed by atoms with Crippen LogP contribution < -0.4 is 11.1 Å². The van der Waals surface area contributed by atoms with Crippen LogP contribution in [0.5, 0.6) is 0 Å². The molecule has 0 unspecified atom stereocenters. The van der Waals surface area contributed by atoms with E-state index < -0.39 is 0 Å². The van der Waals surface area contributed by atoms with E-state index in [1.165, 1.54) is 32.1 Å². The first-order chi connectivity index (χ1) is 11.6. The van der Waals surface area contributed by atoms with Crippen molar-refractivity contribution in [2.75, 3.05) is 39.3 Å². The second-order valence-electron chi connectivity index (χ2n) is 6.79. The molecule has 8 heteroatoms. The lowest BCUT2D eigenvalue weighted by atomic mass is 9.86. The molecule has 1 aliphatic carbocycles. The van der Waals surface area contributed by atoms with E-state index in [1.807, 2.05) is 4.90 Å². The summed E-state index contributed by atoms with van der Waals surface area (Å²) in [6.45, 7) is 2.10. The summed E-state index contributed by atoms with van der Waals surface area (Å²) in [5.41, 5.74) is 5.19. The zero-order valence-corrected chi connectivity index (χ0v) is 15.7. The Morgan fingerprint density at radius 2 is 1.48 bits per heavy atom. The normalized spacial score (nSPS) is 18.4. The van der Waals surface area contributed by atoms with E-state index in [-0.39, 0.29) is 43.2 Å². The Morgan fingerprint density at radius 3 is 2.04 bits per heavy atom. The van der Waals surface area contributed by atoms with Gasteiger partial charge in [-0.2, -0.15) is 0 Å². The second-order valence-corrected chi connectivity index (χ2v) is 6.79. The van der Waals surface area contributed by atoms with Crippen molar-refractivity contribution in [1.82, 2.24) is 15.1 Å². The number of piperazine rings is 1. The lowest BCUT2D eigenvalue weighted by Gasteiger charge is -2.35. The van der Waals surface area contributed by atoms with Gasteiger partial charge in [-0.1, -0.05) is 32.1 Å². The van der Waals surface area contributed by atoms with Gasteiger partial charge in [-0.15, -0.1) is 12.4 Å². The molecule has 3 N–H and O–H groups in total. The third-order valence-corrected chi connectivity index (χ3v) is 5.10. The third kappa shape index (κ3) is 7.20. The molecule has 0 bridgehead atoms. The molecular weight excluding hydrogens is 344 g/mol. The van der Waals surface area contributed by atoms with Crippen molar-refractivity contribution in [3.8, 4) is 0 Å². The molecular formula is C17H31ClN4O3. The van der Waals surface area contributed by atoms with Crippen LogP contribution in [0.15, 0.2) is 0 Å². The van der Waals surface area contributed by atoms with Crippen molar-refractivity contribution in [2.24, 2.45) is 11.7 Å². The minimum Gasteiger partial charge on any atom is -0.346 e. The van der Waals surface area contributed by atoms with Crippen LogP contribution in [0, 0.1) is 5.92 Å². The number of nitrogens with two attached hydrogens (primary N) is 1. The summed E-state index contributed by atoms with van der Waals surface area (Å²) in [5, 5.41) is 2.48. The van der Waals surface area contributed by atoms with Crippen molar-refractivity contribution in [1.29, 1.82) is 0 Å². The molecule has 0 aromatic rings. The minimum atomic E-state index is -0.333. The zero-order valence-electron chi connectivity index (χ0n) is 14.9. The Morgan fingerprint density at radius 1 is 0.920 bits per heavy atom. The van der Waals surface area contributed by atoms with Gasteiger partial charge < -0.3 is 20.9 Å². The van der Waals surface area contributed by atoms with Crippen LogP contribution in [-0.4, -0.2) is 66.8 Å². The van der Waals surface area contributed by atoms with E-state index in [0.29, 0.717) is 32.6 Å². The highest BCUT2D eigenvalue weighted by Crippen LogP contribution is 2.27. The molecule has 144 valence electrons. The molecule has 0 aromatic carbocycles. The fraction of sp³-hybridized carbons (Fsp3) is 0.824. The predicted octanol–water partition coefficient (Wildman–Crippen LogP) is 0.514. The van der Waals surface area contributed by atoms with E-state index in [1.54, 1.807) is 4.90 Å². The number of hydrogen-bond donors (Lipinski definition) is 2. The third-order valence-electron chi connectivity index (χ3n) is 5.10. The van der Waals surface area contributed by atoms with Crippen LogP contribution in [-0.2, 0) is 14.4 Å². The van der Waals surface area contributed by atoms with Gasteiger partial charge in [0.1, 0.15) is 0 Å². The quantitative estimate of drug-likeness (QED) is 0.708. The summed E-state index contributed by atoms with van der Waals surface area (Å²) in [6, 6.07) is 0. The van der Waals surface area contributed by atoms with Gasteiger partial charge in [0, 0.05) is 32.6 Å². The summed E-state index contributed by atoms with van der Waals surface area (Å²) in [6.07, 6.45) is 8.12. The minimum absolute atomic E-state index is 0. The fourth-order valence-electron chi connectivity index (χ4n) is 3.52. The SMILES string of the molecule is Cl.NCC(=O)NCC(=O)N1CCN(C(=O)CCC2CCCCC2)CC1. The highest BCUT2D eigenvalue weighted by Gasteiger charge is 2.24. The van der Waals surface area contributed by atoms with E-state index in [9.17, 15) is 14.4 Å². The van der Waals surface area contributed by atoms with Crippen LogP contribution in [0.2, 0.25) is 0 Å². The maximum Gasteiger partial charge on any atom is 0.242 e. The van der Waals surface area contributed by atoms with Crippen molar-refractivity contribution in [2.45, 2.75) is 44.9 Å². The van der Waals surface area contributed by atoms with Crippen LogP contribution in [0.4, 0.5) is 0 Å². The molecule has 1 saturated heterocycles. The van der Waals surface area contributed by atoms with Crippen molar-refractivity contribution in [3.63, 3.8) is 0 Å². The first kappa shape index (κ1) is 21.7. The smallest absolute Gasteiger partial charge is 0.242 e. The van der Waals surface area contributed by atoms with E-state index in [0.717, 1.165) is 12.3 Å². The first-order valence-electron chi connectivity index (χ1n) is 9.12. The molecule has 0 spiro atoms. The molecule has 0 atom stereocenters. The molecule has 2 rings (SSSR count). The first-order valence-corrected chi connectivity index (χ1v) is 9.12. The Labute approximate surface area is 156 Å². The molecule has 1 heterocycles. The lowest BCUT2D eigenvalue weighted by Crippen LogP contribution is -2.52. The number of nitrogens with one attached hydrogen (secondary N) is 1. The average molecular weight is 375 g/mol. The summed E-state index contributed by atoms with van der Waals surface area (Å²) < 4.78 is 0. The molecule has 0 aromatic heterocycles. The van der Waals surface area contributed by atoms with Crippen molar-refractivity contribution in [3.05, 3.63) is 0 Å². The maximum atomic E-state index is 12.3. The maximum absolute atomic E-state index is 12.3. The number of nitrogens with zero attached hydrogens (tertiary/aromatic N) is 2. The number of carbonyl (C=O) groups excluding carboxylic acids is 3. The number of carbonyl (C=O) groups is 3. The number of hydrogen-bond acceptors (Lipinski definition) is 4. The molecule has 0 radical (unpaired) electrons. The Hall–Kier alpha value is -1.34. The van der Waals surface area contributed by atoms with Gasteiger partial charge in [0.15, 0.2) is 0 Å². The van der Waals surface area contributed by atoms with Crippen LogP contribution >= 0.6 is 12.4 Å². The average Bonchev–Trinajstić information content (AvgIpc) is 2.64. The molecule has 1 saturated carbocycles. The highest BCUT2D eigenvalue weighted by molar-refractivity contribution is 5.86. The predicted molar refractivity (Wildman–Crippen MR) is 98.3 cm³/mol. The van der Waals surface area contributed by atoms with Gasteiger partial charge in [0.2, 0.25) is 17.7 Å². The molecule has 2 aliphatic rings. The molecule has 3 amide bonds. The van der Waals surface area contributed by atoms with Crippen LogP contribution in [0.3, 0.4) is 0 Å². The summed E-state index contributed by atoms with van der Waals surface area (Å²) >= 11 is 0. The fourth-order valence-corrected chi connectivity index (χ4v) is 3.52. The number of halogens is 1. The standard InChI is InChI=1S/C17H30N4O3.ClH/c18-12-15(22)19-13-17(24)21-10-8-20(9-11-21)16(23)7-6-14-4-2-1-3-5-14;/h14H,1-13,18H2,(H,19,22);1H. The topological polar surface area (TPSA) is 95.7 Å². The van der Waals surface area contributed by atoms with Gasteiger partial charge in [-0.25, -0.2) is 0 Å². The molecule has 25 heavy (non-hydrogen) atoms. The van der Waals surface area contributed by atoms with Gasteiger partial charge in [0.05, 0.1) is 13.1 Å². The molecule has 2 fully saturated rings. The van der Waals surface area contributed by atoms with Crippen LogP contribution in [0.25, 0.3) is 0 Å². The highest BCUT2D eigenvalue weighted by atomic mass is 35.5. The summed E-state index contributed by atoms with van der Waals surface area (Å²) in [4.78, 5) is 39.0. The Balaban J connectivity index is 0.00000312. The second kappa shape index (κ2) is 11.3. The largest absolute Gasteiger partial charge is 0.346 e. The van der Waals surface area contributed by atoms with Gasteiger partial charge in [0.25, 0.3) is 0 Å². The van der Waals surface area contributed by atoms with Gasteiger partial charge in [-0.05, 0) is 12.3 Å². The monoisotopic (exact) mass is 374 g/mol. The Bertz CT molecular complexity index is 447. The Kier molecular flexibility index (Phi) is 9.82. The summed E-state index contributed by atoms with van der Waals surface area (Å²) in [5.74, 6) is 0.479. The molecule has 1 aliphatic heterocycles. The summed E-state index contributed by atoms with van der Waals surface area (Å²) in [7, 11) is 0.